The lowest BCUT2D eigenvalue weighted by atomic mass is 10.3. The van der Waals surface area contributed by atoms with Crippen LogP contribution in [0.2, 0.25) is 0 Å². The van der Waals surface area contributed by atoms with Gasteiger partial charge in [-0.05, 0) is 37.2 Å². The van der Waals surface area contributed by atoms with Crippen molar-refractivity contribution in [3.8, 4) is 0 Å². The van der Waals surface area contributed by atoms with Gasteiger partial charge in [-0.25, -0.2) is 8.42 Å². The monoisotopic (exact) mass is 449 g/mol. The first-order valence-corrected chi connectivity index (χ1v) is 11.7. The number of hydrogen-bond acceptors (Lipinski definition) is 7. The average molecular weight is 450 g/mol. The lowest BCUT2D eigenvalue weighted by Crippen LogP contribution is -2.43. The van der Waals surface area contributed by atoms with Crippen molar-refractivity contribution in [2.75, 3.05) is 45.9 Å². The highest BCUT2D eigenvalue weighted by molar-refractivity contribution is 7.91. The summed E-state index contributed by atoms with van der Waals surface area (Å²) in [6.07, 6.45) is 2.07. The zero-order valence-electron chi connectivity index (χ0n) is 17.2. The summed E-state index contributed by atoms with van der Waals surface area (Å²) in [6.45, 7) is 4.01. The van der Waals surface area contributed by atoms with Gasteiger partial charge in [0.15, 0.2) is 9.84 Å². The van der Waals surface area contributed by atoms with Crippen molar-refractivity contribution in [3.63, 3.8) is 0 Å². The van der Waals surface area contributed by atoms with Gasteiger partial charge >= 0.3 is 11.8 Å². The number of nitrogens with one attached hydrogen (secondary N) is 2. The number of amides is 2. The van der Waals surface area contributed by atoms with Crippen molar-refractivity contribution in [1.29, 1.82) is 0 Å². The van der Waals surface area contributed by atoms with Gasteiger partial charge in [-0.2, -0.15) is 0 Å². The van der Waals surface area contributed by atoms with E-state index in [1.165, 1.54) is 24.5 Å². The molecule has 10 heteroatoms. The summed E-state index contributed by atoms with van der Waals surface area (Å²) in [6, 6.07) is 11.0. The normalized spacial score (nSPS) is 15.9. The van der Waals surface area contributed by atoms with Gasteiger partial charge in [-0.1, -0.05) is 18.2 Å². The minimum absolute atomic E-state index is 0.109. The molecule has 1 aliphatic heterocycles. The zero-order valence-corrected chi connectivity index (χ0v) is 18.0. The molecule has 0 radical (unpaired) electrons. The van der Waals surface area contributed by atoms with E-state index in [4.69, 9.17) is 9.15 Å². The minimum atomic E-state index is -3.83. The van der Waals surface area contributed by atoms with Gasteiger partial charge in [0, 0.05) is 26.2 Å². The molecule has 0 bridgehead atoms. The highest BCUT2D eigenvalue weighted by atomic mass is 32.2. The second-order valence-corrected chi connectivity index (χ2v) is 9.27. The van der Waals surface area contributed by atoms with Crippen LogP contribution in [0.25, 0.3) is 0 Å². The van der Waals surface area contributed by atoms with Gasteiger partial charge in [-0.15, -0.1) is 0 Å². The maximum Gasteiger partial charge on any atom is 0.309 e. The SMILES string of the molecule is O=C(NCCCN1CCOCC1)C(=O)NC[C@H](c1ccco1)S(=O)(=O)c1ccccc1. The van der Waals surface area contributed by atoms with E-state index < -0.39 is 26.9 Å². The molecule has 1 aromatic carbocycles. The van der Waals surface area contributed by atoms with Crippen LogP contribution >= 0.6 is 0 Å². The Kier molecular flexibility index (Phi) is 8.21. The van der Waals surface area contributed by atoms with E-state index in [1.54, 1.807) is 24.3 Å². The molecule has 2 N–H and O–H groups in total. The van der Waals surface area contributed by atoms with Crippen LogP contribution in [0, 0.1) is 0 Å². The number of nitrogens with zero attached hydrogens (tertiary/aromatic N) is 1. The molecular weight excluding hydrogens is 422 g/mol. The summed E-state index contributed by atoms with van der Waals surface area (Å²) >= 11 is 0. The van der Waals surface area contributed by atoms with Gasteiger partial charge < -0.3 is 19.8 Å². The molecule has 2 heterocycles. The van der Waals surface area contributed by atoms with Crippen LogP contribution in [0.4, 0.5) is 0 Å². The number of furan rings is 1. The van der Waals surface area contributed by atoms with E-state index in [0.29, 0.717) is 26.2 Å². The molecule has 31 heavy (non-hydrogen) atoms. The summed E-state index contributed by atoms with van der Waals surface area (Å²) in [5.41, 5.74) is 0. The molecule has 0 spiro atoms. The van der Waals surface area contributed by atoms with Crippen LogP contribution in [0.3, 0.4) is 0 Å². The topological polar surface area (TPSA) is 118 Å². The fourth-order valence-corrected chi connectivity index (χ4v) is 4.90. The number of morpholine rings is 1. The molecule has 1 aromatic heterocycles. The van der Waals surface area contributed by atoms with Crippen LogP contribution in [-0.4, -0.2) is 71.1 Å². The fourth-order valence-electron chi connectivity index (χ4n) is 3.29. The van der Waals surface area contributed by atoms with Gasteiger partial charge in [0.05, 0.1) is 24.4 Å². The first-order chi connectivity index (χ1) is 15.0. The van der Waals surface area contributed by atoms with E-state index in [0.717, 1.165) is 19.6 Å². The lowest BCUT2D eigenvalue weighted by molar-refractivity contribution is -0.139. The number of ether oxygens (including phenoxy) is 1. The van der Waals surface area contributed by atoms with Crippen LogP contribution in [-0.2, 0) is 24.2 Å². The predicted molar refractivity (Wildman–Crippen MR) is 113 cm³/mol. The molecule has 3 rings (SSSR count). The van der Waals surface area contributed by atoms with E-state index in [-0.39, 0.29) is 17.2 Å². The molecule has 9 nitrogen and oxygen atoms in total. The molecule has 2 amide bonds. The Labute approximate surface area is 181 Å². The summed E-state index contributed by atoms with van der Waals surface area (Å²) < 4.78 is 36.7. The lowest BCUT2D eigenvalue weighted by Gasteiger charge is -2.26. The zero-order chi connectivity index (χ0) is 22.1. The highest BCUT2D eigenvalue weighted by Gasteiger charge is 2.32. The number of carbonyl (C=O) groups is 2. The van der Waals surface area contributed by atoms with Crippen LogP contribution in [0.1, 0.15) is 17.4 Å². The molecule has 0 unspecified atom stereocenters. The van der Waals surface area contributed by atoms with Crippen LogP contribution in [0.5, 0.6) is 0 Å². The summed E-state index contributed by atoms with van der Waals surface area (Å²) in [4.78, 5) is 26.6. The molecule has 1 atom stereocenters. The fraction of sp³-hybridized carbons (Fsp3) is 0.429. The van der Waals surface area contributed by atoms with E-state index in [9.17, 15) is 18.0 Å². The number of benzene rings is 1. The smallest absolute Gasteiger partial charge is 0.309 e. The molecule has 1 saturated heterocycles. The molecule has 0 aliphatic carbocycles. The number of rotatable bonds is 9. The molecule has 0 saturated carbocycles. The summed E-state index contributed by atoms with van der Waals surface area (Å²) in [5, 5.41) is 3.84. The maximum atomic E-state index is 13.0. The Hall–Kier alpha value is -2.69. The van der Waals surface area contributed by atoms with Crippen molar-refractivity contribution < 1.29 is 27.2 Å². The Morgan fingerprint density at radius 1 is 1.00 bits per heavy atom. The Morgan fingerprint density at radius 3 is 2.39 bits per heavy atom. The number of hydrogen-bond donors (Lipinski definition) is 2. The maximum absolute atomic E-state index is 13.0. The number of sulfone groups is 1. The molecule has 168 valence electrons. The summed E-state index contributed by atoms with van der Waals surface area (Å²) in [7, 11) is -3.83. The Bertz CT molecular complexity index is 941. The second kappa shape index (κ2) is 11.1. The van der Waals surface area contributed by atoms with Gasteiger partial charge in [-0.3, -0.25) is 14.5 Å². The highest BCUT2D eigenvalue weighted by Crippen LogP contribution is 2.28. The first kappa shape index (κ1) is 23.0. The Morgan fingerprint density at radius 2 is 1.71 bits per heavy atom. The van der Waals surface area contributed by atoms with Gasteiger partial charge in [0.1, 0.15) is 11.0 Å². The average Bonchev–Trinajstić information content (AvgIpc) is 3.32. The molecule has 2 aromatic rings. The molecule has 1 aliphatic rings. The predicted octanol–water partition coefficient (Wildman–Crippen LogP) is 0.749. The van der Waals surface area contributed by atoms with Crippen molar-refractivity contribution in [3.05, 3.63) is 54.5 Å². The van der Waals surface area contributed by atoms with Gasteiger partial charge in [0.2, 0.25) is 0 Å². The second-order valence-electron chi connectivity index (χ2n) is 7.14. The van der Waals surface area contributed by atoms with E-state index >= 15 is 0 Å². The van der Waals surface area contributed by atoms with Gasteiger partial charge in [0.25, 0.3) is 0 Å². The first-order valence-electron chi connectivity index (χ1n) is 10.2. The van der Waals surface area contributed by atoms with Crippen molar-refractivity contribution >= 4 is 21.7 Å². The van der Waals surface area contributed by atoms with Crippen LogP contribution < -0.4 is 10.6 Å². The van der Waals surface area contributed by atoms with E-state index in [2.05, 4.69) is 15.5 Å². The van der Waals surface area contributed by atoms with Crippen molar-refractivity contribution in [1.82, 2.24) is 15.5 Å². The van der Waals surface area contributed by atoms with Crippen LogP contribution in [0.15, 0.2) is 58.0 Å². The quantitative estimate of drug-likeness (QED) is 0.428. The third-order valence-electron chi connectivity index (χ3n) is 5.00. The van der Waals surface area contributed by atoms with Crippen molar-refractivity contribution in [2.24, 2.45) is 0 Å². The van der Waals surface area contributed by atoms with Crippen molar-refractivity contribution in [2.45, 2.75) is 16.6 Å². The molecular formula is C21H27N3O6S. The Balaban J connectivity index is 1.52. The number of carbonyl (C=O) groups excluding carboxylic acids is 2. The largest absolute Gasteiger partial charge is 0.468 e. The minimum Gasteiger partial charge on any atom is -0.468 e. The van der Waals surface area contributed by atoms with E-state index in [1.807, 2.05) is 0 Å². The standard InChI is InChI=1S/C21H27N3O6S/c25-20(22-9-5-10-24-11-14-29-15-12-24)21(26)23-16-19(18-8-4-13-30-18)31(27,28)17-6-2-1-3-7-17/h1-4,6-8,13,19H,5,9-12,14-16H2,(H,22,25)(H,23,26)/t19-/m1/s1. The summed E-state index contributed by atoms with van der Waals surface area (Å²) in [5.74, 6) is -1.49. The third kappa shape index (κ3) is 6.39. The third-order valence-corrected chi connectivity index (χ3v) is 7.08. The molecule has 1 fully saturated rings.